The smallest absolute Gasteiger partial charge is 0.322 e. The Balaban J connectivity index is 1.61. The standard InChI is InChI=1S/C24H32BrNO9/c1-22(2,3)19(29)33-11-24(6,12-34-20(30)23(4,5)25)21(31)32-10-9-26-17(27)15-13-7-8-14(35-13)16(15)18(26)28/h7-8,13-16H,9-12H2,1-6H3/t13?,14?,15-,16+,24?. The van der Waals surface area contributed by atoms with Gasteiger partial charge >= 0.3 is 17.9 Å². The number of carbonyl (C=O) groups excluding carboxylic acids is 5. The van der Waals surface area contributed by atoms with Crippen LogP contribution in [0.25, 0.3) is 0 Å². The van der Waals surface area contributed by atoms with Gasteiger partial charge in [-0.3, -0.25) is 28.9 Å². The largest absolute Gasteiger partial charge is 0.464 e. The fourth-order valence-corrected chi connectivity index (χ4v) is 4.10. The first kappa shape index (κ1) is 27.3. The second-order valence-electron chi connectivity index (χ2n) is 10.9. The molecule has 2 saturated heterocycles. The van der Waals surface area contributed by atoms with Gasteiger partial charge in [0.25, 0.3) is 0 Å². The van der Waals surface area contributed by atoms with E-state index in [9.17, 15) is 24.0 Å². The molecule has 11 heteroatoms. The Hall–Kier alpha value is -2.27. The highest BCUT2D eigenvalue weighted by Crippen LogP contribution is 2.44. The Morgan fingerprint density at radius 3 is 1.80 bits per heavy atom. The monoisotopic (exact) mass is 557 g/mol. The topological polar surface area (TPSA) is 126 Å². The highest BCUT2D eigenvalue weighted by Gasteiger charge is 2.60. The van der Waals surface area contributed by atoms with Crippen LogP contribution in [-0.2, 0) is 42.9 Å². The molecule has 10 nitrogen and oxygen atoms in total. The maximum atomic E-state index is 13.0. The Bertz CT molecular complexity index is 886. The summed E-state index contributed by atoms with van der Waals surface area (Å²) in [5.41, 5.74) is -2.30. The molecule has 3 aliphatic rings. The lowest BCUT2D eigenvalue weighted by atomic mass is 9.85. The quantitative estimate of drug-likeness (QED) is 0.137. The lowest BCUT2D eigenvalue weighted by Gasteiger charge is -2.29. The zero-order chi connectivity index (χ0) is 26.3. The minimum atomic E-state index is -1.50. The van der Waals surface area contributed by atoms with Crippen LogP contribution < -0.4 is 0 Å². The summed E-state index contributed by atoms with van der Waals surface area (Å²) in [6.45, 7) is 8.53. The van der Waals surface area contributed by atoms with Crippen molar-refractivity contribution < 1.29 is 42.9 Å². The molecule has 0 radical (unpaired) electrons. The van der Waals surface area contributed by atoms with Gasteiger partial charge < -0.3 is 18.9 Å². The number of halogens is 1. The number of esters is 3. The van der Waals surface area contributed by atoms with E-state index >= 15 is 0 Å². The summed E-state index contributed by atoms with van der Waals surface area (Å²) in [4.78, 5) is 64.0. The van der Waals surface area contributed by atoms with Crippen LogP contribution in [0.1, 0.15) is 41.5 Å². The molecular formula is C24H32BrNO9. The Morgan fingerprint density at radius 2 is 1.34 bits per heavy atom. The Kier molecular flexibility index (Phi) is 7.53. The fourth-order valence-electron chi connectivity index (χ4n) is 3.99. The molecule has 3 rings (SSSR count). The van der Waals surface area contributed by atoms with E-state index in [2.05, 4.69) is 15.9 Å². The molecule has 0 aromatic heterocycles. The van der Waals surface area contributed by atoms with Crippen LogP contribution in [0.5, 0.6) is 0 Å². The molecule has 2 bridgehead atoms. The molecule has 0 aliphatic carbocycles. The van der Waals surface area contributed by atoms with E-state index in [0.717, 1.165) is 4.90 Å². The zero-order valence-corrected chi connectivity index (χ0v) is 22.4. The van der Waals surface area contributed by atoms with Gasteiger partial charge in [0, 0.05) is 0 Å². The second kappa shape index (κ2) is 9.65. The van der Waals surface area contributed by atoms with Crippen molar-refractivity contribution in [2.75, 3.05) is 26.4 Å². The van der Waals surface area contributed by atoms with Gasteiger partial charge in [-0.2, -0.15) is 0 Å². The molecule has 3 heterocycles. The van der Waals surface area contributed by atoms with Crippen LogP contribution in [0.3, 0.4) is 0 Å². The lowest BCUT2D eigenvalue weighted by Crippen LogP contribution is -2.44. The highest BCUT2D eigenvalue weighted by molar-refractivity contribution is 9.10. The third-order valence-electron chi connectivity index (χ3n) is 6.18. The van der Waals surface area contributed by atoms with Crippen LogP contribution in [0.15, 0.2) is 12.2 Å². The molecule has 2 fully saturated rings. The molecule has 0 aromatic carbocycles. The van der Waals surface area contributed by atoms with E-state index in [4.69, 9.17) is 18.9 Å². The van der Waals surface area contributed by atoms with E-state index in [1.807, 2.05) is 0 Å². The summed E-state index contributed by atoms with van der Waals surface area (Å²) in [5, 5.41) is 0. The fraction of sp³-hybridized carbons (Fsp3) is 0.708. The molecule has 3 unspecified atom stereocenters. The minimum absolute atomic E-state index is 0.109. The number of hydrogen-bond donors (Lipinski definition) is 0. The third kappa shape index (κ3) is 5.61. The summed E-state index contributed by atoms with van der Waals surface area (Å²) in [6.07, 6.45) is 2.78. The molecule has 0 spiro atoms. The molecule has 5 atom stereocenters. The number of nitrogens with zero attached hydrogens (tertiary/aromatic N) is 1. The summed E-state index contributed by atoms with van der Waals surface area (Å²) in [6, 6.07) is 0. The molecule has 0 aromatic rings. The number of fused-ring (bicyclic) bond motifs is 5. The van der Waals surface area contributed by atoms with Gasteiger partial charge in [-0.05, 0) is 41.5 Å². The van der Waals surface area contributed by atoms with Gasteiger partial charge in [0.1, 0.15) is 29.6 Å². The number of rotatable bonds is 9. The lowest BCUT2D eigenvalue weighted by molar-refractivity contribution is -0.174. The van der Waals surface area contributed by atoms with Crippen LogP contribution in [0.2, 0.25) is 0 Å². The number of imide groups is 1. The van der Waals surface area contributed by atoms with Crippen molar-refractivity contribution in [3.63, 3.8) is 0 Å². The van der Waals surface area contributed by atoms with Crippen molar-refractivity contribution in [3.05, 3.63) is 12.2 Å². The van der Waals surface area contributed by atoms with Gasteiger partial charge in [-0.25, -0.2) is 0 Å². The van der Waals surface area contributed by atoms with E-state index in [0.29, 0.717) is 0 Å². The number of hydrogen-bond acceptors (Lipinski definition) is 9. The molecule has 3 aliphatic heterocycles. The van der Waals surface area contributed by atoms with Crippen molar-refractivity contribution in [3.8, 4) is 0 Å². The van der Waals surface area contributed by atoms with Crippen LogP contribution in [0, 0.1) is 22.7 Å². The van der Waals surface area contributed by atoms with Gasteiger partial charge in [0.2, 0.25) is 11.8 Å². The zero-order valence-electron chi connectivity index (χ0n) is 20.8. The van der Waals surface area contributed by atoms with Crippen LogP contribution in [0.4, 0.5) is 0 Å². The molecule has 35 heavy (non-hydrogen) atoms. The third-order valence-corrected chi connectivity index (χ3v) is 6.51. The molecule has 194 valence electrons. The van der Waals surface area contributed by atoms with Crippen LogP contribution >= 0.6 is 15.9 Å². The molecule has 0 N–H and O–H groups in total. The Labute approximate surface area is 212 Å². The van der Waals surface area contributed by atoms with Gasteiger partial charge in [0.15, 0.2) is 0 Å². The predicted molar refractivity (Wildman–Crippen MR) is 125 cm³/mol. The first-order valence-corrected chi connectivity index (χ1v) is 12.3. The van der Waals surface area contributed by atoms with Gasteiger partial charge in [-0.1, -0.05) is 28.1 Å². The predicted octanol–water partition coefficient (Wildman–Crippen LogP) is 1.78. The van der Waals surface area contributed by atoms with E-state index in [-0.39, 0.29) is 31.6 Å². The normalized spacial score (nSPS) is 27.0. The van der Waals surface area contributed by atoms with Crippen molar-refractivity contribution >= 4 is 45.7 Å². The maximum absolute atomic E-state index is 13.0. The summed E-state index contributed by atoms with van der Waals surface area (Å²) < 4.78 is 20.6. The first-order chi connectivity index (χ1) is 16.1. The molecule has 0 saturated carbocycles. The minimum Gasteiger partial charge on any atom is -0.464 e. The van der Waals surface area contributed by atoms with Crippen LogP contribution in [-0.4, -0.2) is 77.5 Å². The summed E-state index contributed by atoms with van der Waals surface area (Å²) in [5.74, 6) is -3.70. The van der Waals surface area contributed by atoms with Crippen molar-refractivity contribution in [1.82, 2.24) is 4.90 Å². The van der Waals surface area contributed by atoms with Gasteiger partial charge in [0.05, 0.1) is 36.0 Å². The number of ether oxygens (including phenoxy) is 4. The van der Waals surface area contributed by atoms with Crippen molar-refractivity contribution in [1.29, 1.82) is 0 Å². The van der Waals surface area contributed by atoms with Gasteiger partial charge in [-0.15, -0.1) is 0 Å². The van der Waals surface area contributed by atoms with E-state index in [1.54, 1.807) is 46.8 Å². The van der Waals surface area contributed by atoms with E-state index in [1.165, 1.54) is 6.92 Å². The number of likely N-dealkylation sites (tertiary alicyclic amines) is 1. The maximum Gasteiger partial charge on any atom is 0.322 e. The van der Waals surface area contributed by atoms with Crippen molar-refractivity contribution in [2.24, 2.45) is 22.7 Å². The SMILES string of the molecule is CC(C)(C)C(=O)OCC(C)(COC(=O)C(C)(C)Br)C(=O)OCCN1C(=O)[C@@H]2C3C=CC(O3)[C@@H]2C1=O. The van der Waals surface area contributed by atoms with E-state index < -0.39 is 63.7 Å². The number of carbonyl (C=O) groups is 5. The summed E-state index contributed by atoms with van der Waals surface area (Å²) >= 11 is 3.20. The second-order valence-corrected chi connectivity index (χ2v) is 12.9. The van der Waals surface area contributed by atoms with Crippen molar-refractivity contribution in [2.45, 2.75) is 58.1 Å². The molecule has 2 amide bonds. The Morgan fingerprint density at radius 1 is 0.857 bits per heavy atom. The first-order valence-electron chi connectivity index (χ1n) is 11.5. The average Bonchev–Trinajstić information content (AvgIpc) is 3.44. The summed E-state index contributed by atoms with van der Waals surface area (Å²) in [7, 11) is 0. The number of amides is 2. The number of alkyl halides is 1. The molecular weight excluding hydrogens is 526 g/mol. The average molecular weight is 558 g/mol. The highest BCUT2D eigenvalue weighted by atomic mass is 79.9.